The first-order chi connectivity index (χ1) is 5.93. The monoisotopic (exact) mass is 184 g/mol. The molecule has 0 radical (unpaired) electrons. The molecule has 1 atom stereocenters. The second-order valence-electron chi connectivity index (χ2n) is 3.50. The van der Waals surface area contributed by atoms with E-state index in [1.165, 1.54) is 44.3 Å². The summed E-state index contributed by atoms with van der Waals surface area (Å²) in [5.74, 6) is 1.25. The van der Waals surface area contributed by atoms with E-state index >= 15 is 0 Å². The second-order valence-corrected chi connectivity index (χ2v) is 4.77. The van der Waals surface area contributed by atoms with E-state index in [-0.39, 0.29) is 0 Å². The summed E-state index contributed by atoms with van der Waals surface area (Å²) in [5, 5.41) is 0.853. The molecule has 0 saturated heterocycles. The van der Waals surface area contributed by atoms with Gasteiger partial charge >= 0.3 is 0 Å². The first-order valence-electron chi connectivity index (χ1n) is 5.21. The maximum atomic E-state index is 2.38. The number of rotatable bonds is 6. The Labute approximate surface area is 80.8 Å². The van der Waals surface area contributed by atoms with Gasteiger partial charge in [-0.15, -0.1) is 0 Å². The van der Waals surface area contributed by atoms with Gasteiger partial charge in [-0.25, -0.2) is 0 Å². The smallest absolute Gasteiger partial charge is 0.0230 e. The highest BCUT2D eigenvalue weighted by molar-refractivity contribution is 8.00. The van der Waals surface area contributed by atoms with Gasteiger partial charge in [-0.3, -0.25) is 0 Å². The summed E-state index contributed by atoms with van der Waals surface area (Å²) in [7, 11) is 0. The standard InChI is InChI=1S/C11H20S/c1-2-3-4-5-6-8-11-9-7-10-12-11/h7,9,11H,2-6,8,10H2,1H3. The van der Waals surface area contributed by atoms with Crippen LogP contribution in [-0.2, 0) is 0 Å². The molecule has 0 N–H and O–H groups in total. The molecule has 0 aromatic heterocycles. The van der Waals surface area contributed by atoms with Gasteiger partial charge in [-0.2, -0.15) is 11.8 Å². The molecule has 70 valence electrons. The van der Waals surface area contributed by atoms with Crippen molar-refractivity contribution < 1.29 is 0 Å². The quantitative estimate of drug-likeness (QED) is 0.444. The molecule has 1 aliphatic heterocycles. The summed E-state index contributed by atoms with van der Waals surface area (Å²) in [6, 6.07) is 0. The lowest BCUT2D eigenvalue weighted by molar-refractivity contribution is 0.615. The third-order valence-electron chi connectivity index (χ3n) is 2.35. The third-order valence-corrected chi connectivity index (χ3v) is 3.56. The predicted octanol–water partition coefficient (Wildman–Crippen LogP) is 4.02. The van der Waals surface area contributed by atoms with E-state index in [0.717, 1.165) is 5.25 Å². The fourth-order valence-electron chi connectivity index (χ4n) is 1.57. The van der Waals surface area contributed by atoms with Crippen molar-refractivity contribution in [3.05, 3.63) is 12.2 Å². The Balaban J connectivity index is 1.85. The molecule has 1 rings (SSSR count). The van der Waals surface area contributed by atoms with Crippen LogP contribution in [0.5, 0.6) is 0 Å². The zero-order valence-corrected chi connectivity index (χ0v) is 8.91. The Morgan fingerprint density at radius 1 is 1.25 bits per heavy atom. The van der Waals surface area contributed by atoms with Crippen molar-refractivity contribution in [1.82, 2.24) is 0 Å². The van der Waals surface area contributed by atoms with Crippen LogP contribution in [0.2, 0.25) is 0 Å². The first-order valence-corrected chi connectivity index (χ1v) is 6.26. The molecule has 0 saturated carbocycles. The van der Waals surface area contributed by atoms with Crippen molar-refractivity contribution in [2.24, 2.45) is 0 Å². The van der Waals surface area contributed by atoms with Crippen LogP contribution in [-0.4, -0.2) is 11.0 Å². The van der Waals surface area contributed by atoms with E-state index in [2.05, 4.69) is 30.8 Å². The van der Waals surface area contributed by atoms with Crippen molar-refractivity contribution in [3.8, 4) is 0 Å². The number of hydrogen-bond donors (Lipinski definition) is 0. The summed E-state index contributed by atoms with van der Waals surface area (Å²) in [6.45, 7) is 2.27. The maximum absolute atomic E-state index is 2.38. The van der Waals surface area contributed by atoms with Crippen LogP contribution < -0.4 is 0 Å². The van der Waals surface area contributed by atoms with Gasteiger partial charge in [0.25, 0.3) is 0 Å². The molecule has 0 aromatic carbocycles. The molecule has 0 nitrogen and oxygen atoms in total. The van der Waals surface area contributed by atoms with Gasteiger partial charge in [0.1, 0.15) is 0 Å². The van der Waals surface area contributed by atoms with Crippen LogP contribution in [0.3, 0.4) is 0 Å². The molecule has 0 spiro atoms. The molecule has 0 aromatic rings. The maximum Gasteiger partial charge on any atom is 0.0230 e. The van der Waals surface area contributed by atoms with Crippen LogP contribution >= 0.6 is 11.8 Å². The van der Waals surface area contributed by atoms with Crippen LogP contribution in [0.25, 0.3) is 0 Å². The van der Waals surface area contributed by atoms with Gasteiger partial charge in [0, 0.05) is 11.0 Å². The number of hydrogen-bond acceptors (Lipinski definition) is 1. The minimum absolute atomic E-state index is 0.853. The Morgan fingerprint density at radius 3 is 2.75 bits per heavy atom. The fourth-order valence-corrected chi connectivity index (χ4v) is 2.60. The zero-order chi connectivity index (χ0) is 8.65. The summed E-state index contributed by atoms with van der Waals surface area (Å²) in [5.41, 5.74) is 0. The lowest BCUT2D eigenvalue weighted by Gasteiger charge is -2.05. The summed E-state index contributed by atoms with van der Waals surface area (Å²) < 4.78 is 0. The van der Waals surface area contributed by atoms with Gasteiger partial charge < -0.3 is 0 Å². The highest BCUT2D eigenvalue weighted by Crippen LogP contribution is 2.24. The summed E-state index contributed by atoms with van der Waals surface area (Å²) in [4.78, 5) is 0. The van der Waals surface area contributed by atoms with Crippen molar-refractivity contribution in [2.75, 3.05) is 5.75 Å². The molecule has 1 unspecified atom stereocenters. The molecule has 0 fully saturated rings. The topological polar surface area (TPSA) is 0 Å². The number of unbranched alkanes of at least 4 members (excludes halogenated alkanes) is 4. The minimum atomic E-state index is 0.853. The van der Waals surface area contributed by atoms with E-state index < -0.39 is 0 Å². The van der Waals surface area contributed by atoms with Gasteiger partial charge in [0.15, 0.2) is 0 Å². The highest BCUT2D eigenvalue weighted by Gasteiger charge is 2.07. The lowest BCUT2D eigenvalue weighted by atomic mass is 10.1. The molecule has 0 amide bonds. The Kier molecular flexibility index (Phi) is 5.59. The fraction of sp³-hybridized carbons (Fsp3) is 0.818. The Bertz CT molecular complexity index is 129. The zero-order valence-electron chi connectivity index (χ0n) is 8.09. The largest absolute Gasteiger partial charge is 0.150 e. The van der Waals surface area contributed by atoms with E-state index in [1.807, 2.05) is 0 Å². The highest BCUT2D eigenvalue weighted by atomic mass is 32.2. The van der Waals surface area contributed by atoms with Gasteiger partial charge in [0.2, 0.25) is 0 Å². The van der Waals surface area contributed by atoms with Gasteiger partial charge in [-0.05, 0) is 6.42 Å². The minimum Gasteiger partial charge on any atom is -0.150 e. The molecule has 1 aliphatic rings. The SMILES string of the molecule is CCCCCCCC1C=CCS1. The molecule has 0 bridgehead atoms. The van der Waals surface area contributed by atoms with E-state index in [4.69, 9.17) is 0 Å². The number of thioether (sulfide) groups is 1. The summed E-state index contributed by atoms with van der Waals surface area (Å²) >= 11 is 2.10. The van der Waals surface area contributed by atoms with Crippen molar-refractivity contribution >= 4 is 11.8 Å². The second kappa shape index (κ2) is 6.59. The molecule has 0 aliphatic carbocycles. The Hall–Kier alpha value is 0.0900. The Morgan fingerprint density at radius 2 is 2.08 bits per heavy atom. The predicted molar refractivity (Wildman–Crippen MR) is 58.8 cm³/mol. The van der Waals surface area contributed by atoms with Crippen molar-refractivity contribution in [1.29, 1.82) is 0 Å². The molecule has 12 heavy (non-hydrogen) atoms. The van der Waals surface area contributed by atoms with Crippen LogP contribution in [0, 0.1) is 0 Å². The summed E-state index contributed by atoms with van der Waals surface area (Å²) in [6.07, 6.45) is 13.2. The average Bonchev–Trinajstić information content (AvgIpc) is 2.57. The van der Waals surface area contributed by atoms with Crippen molar-refractivity contribution in [3.63, 3.8) is 0 Å². The molecular weight excluding hydrogens is 164 g/mol. The van der Waals surface area contributed by atoms with E-state index in [9.17, 15) is 0 Å². The molecular formula is C11H20S. The van der Waals surface area contributed by atoms with Gasteiger partial charge in [0.05, 0.1) is 0 Å². The van der Waals surface area contributed by atoms with Gasteiger partial charge in [-0.1, -0.05) is 51.2 Å². The van der Waals surface area contributed by atoms with Crippen LogP contribution in [0.1, 0.15) is 45.4 Å². The van der Waals surface area contributed by atoms with Crippen LogP contribution in [0.15, 0.2) is 12.2 Å². The van der Waals surface area contributed by atoms with E-state index in [0.29, 0.717) is 0 Å². The molecule has 1 heteroatoms. The lowest BCUT2D eigenvalue weighted by Crippen LogP contribution is -1.93. The average molecular weight is 184 g/mol. The van der Waals surface area contributed by atoms with Crippen LogP contribution in [0.4, 0.5) is 0 Å². The van der Waals surface area contributed by atoms with Crippen molar-refractivity contribution in [2.45, 2.75) is 50.7 Å². The van der Waals surface area contributed by atoms with E-state index in [1.54, 1.807) is 0 Å². The normalized spacial score (nSPS) is 21.9. The third kappa shape index (κ3) is 4.20. The molecule has 1 heterocycles. The first kappa shape index (κ1) is 10.2.